The molecule has 0 unspecified atom stereocenters. The lowest BCUT2D eigenvalue weighted by molar-refractivity contribution is -0.147. The van der Waals surface area contributed by atoms with E-state index in [-0.39, 0.29) is 17.1 Å². The van der Waals surface area contributed by atoms with Crippen molar-refractivity contribution in [1.29, 1.82) is 0 Å². The molecule has 4 aromatic rings. The third-order valence-electron chi connectivity index (χ3n) is 5.30. The number of benzene rings is 3. The zero-order valence-electron chi connectivity index (χ0n) is 18.1. The number of rotatable bonds is 8. The van der Waals surface area contributed by atoms with E-state index in [1.807, 2.05) is 54.7 Å². The van der Waals surface area contributed by atoms with E-state index >= 15 is 0 Å². The highest BCUT2D eigenvalue weighted by Gasteiger charge is 2.14. The van der Waals surface area contributed by atoms with Gasteiger partial charge in [-0.2, -0.15) is 0 Å². The zero-order chi connectivity index (χ0) is 24.1. The van der Waals surface area contributed by atoms with Gasteiger partial charge in [-0.05, 0) is 53.9 Å². The van der Waals surface area contributed by atoms with Gasteiger partial charge in [0.25, 0.3) is 5.91 Å². The molecule has 0 saturated heterocycles. The topological polar surface area (TPSA) is 60.3 Å². The van der Waals surface area contributed by atoms with Gasteiger partial charge in [0, 0.05) is 40.1 Å². The summed E-state index contributed by atoms with van der Waals surface area (Å²) in [6.45, 7) is 0.158. The number of aromatic nitrogens is 1. The highest BCUT2D eigenvalue weighted by Crippen LogP contribution is 2.24. The average Bonchev–Trinajstić information content (AvgIpc) is 3.17. The van der Waals surface area contributed by atoms with Gasteiger partial charge in [-0.3, -0.25) is 9.59 Å². The Bertz CT molecular complexity index is 1340. The van der Waals surface area contributed by atoms with Gasteiger partial charge in [-0.15, -0.1) is 0 Å². The van der Waals surface area contributed by atoms with E-state index in [1.54, 1.807) is 0 Å². The van der Waals surface area contributed by atoms with Crippen molar-refractivity contribution in [3.63, 3.8) is 0 Å². The highest BCUT2D eigenvalue weighted by atomic mass is 35.5. The molecule has 0 atom stereocenters. The molecule has 1 N–H and O–H groups in total. The third kappa shape index (κ3) is 5.95. The van der Waals surface area contributed by atoms with E-state index in [0.717, 1.165) is 28.1 Å². The zero-order valence-corrected chi connectivity index (χ0v) is 19.6. The first-order valence-electron chi connectivity index (χ1n) is 10.6. The van der Waals surface area contributed by atoms with Crippen molar-refractivity contribution < 1.29 is 18.7 Å². The number of anilines is 1. The molecule has 0 radical (unpaired) electrons. The summed E-state index contributed by atoms with van der Waals surface area (Å²) in [6.07, 6.45) is 2.59. The van der Waals surface area contributed by atoms with Gasteiger partial charge in [-0.25, -0.2) is 4.39 Å². The smallest absolute Gasteiger partial charge is 0.306 e. The van der Waals surface area contributed by atoms with Crippen LogP contribution in [0.2, 0.25) is 10.0 Å². The number of fused-ring (bicyclic) bond motifs is 1. The Labute approximate surface area is 206 Å². The van der Waals surface area contributed by atoms with Crippen LogP contribution in [-0.2, 0) is 27.3 Å². The minimum Gasteiger partial charge on any atom is -0.456 e. The van der Waals surface area contributed by atoms with Gasteiger partial charge in [0.05, 0.1) is 5.69 Å². The lowest BCUT2D eigenvalue weighted by Crippen LogP contribution is -2.21. The molecule has 0 aliphatic heterocycles. The van der Waals surface area contributed by atoms with Gasteiger partial charge in [0.15, 0.2) is 6.61 Å². The van der Waals surface area contributed by atoms with Crippen molar-refractivity contribution in [2.75, 3.05) is 11.9 Å². The molecule has 0 bridgehead atoms. The Kier molecular flexibility index (Phi) is 7.50. The van der Waals surface area contributed by atoms with E-state index in [0.29, 0.717) is 18.0 Å². The van der Waals surface area contributed by atoms with E-state index in [9.17, 15) is 14.0 Å². The molecular weight excluding hydrogens is 478 g/mol. The van der Waals surface area contributed by atoms with E-state index < -0.39 is 24.3 Å². The first-order valence-corrected chi connectivity index (χ1v) is 11.4. The van der Waals surface area contributed by atoms with Gasteiger partial charge in [0.1, 0.15) is 5.82 Å². The van der Waals surface area contributed by atoms with E-state index in [1.165, 1.54) is 12.1 Å². The highest BCUT2D eigenvalue weighted by molar-refractivity contribution is 6.31. The van der Waals surface area contributed by atoms with Crippen LogP contribution in [0.3, 0.4) is 0 Å². The van der Waals surface area contributed by atoms with Crippen LogP contribution in [0.25, 0.3) is 10.9 Å². The molecule has 5 nitrogen and oxygen atoms in total. The number of para-hydroxylation sites is 1. The molecule has 0 aliphatic rings. The molecule has 0 spiro atoms. The maximum absolute atomic E-state index is 13.7. The summed E-state index contributed by atoms with van der Waals surface area (Å²) >= 11 is 11.8. The molecule has 1 aromatic heterocycles. The molecule has 4 rings (SSSR count). The molecule has 3 aromatic carbocycles. The summed E-state index contributed by atoms with van der Waals surface area (Å²) < 4.78 is 20.9. The molecular formula is C26H21Cl2FN2O3. The van der Waals surface area contributed by atoms with Crippen LogP contribution >= 0.6 is 23.2 Å². The summed E-state index contributed by atoms with van der Waals surface area (Å²) in [4.78, 5) is 24.3. The predicted molar refractivity (Wildman–Crippen MR) is 132 cm³/mol. The van der Waals surface area contributed by atoms with Crippen molar-refractivity contribution in [2.45, 2.75) is 19.4 Å². The third-order valence-corrected chi connectivity index (χ3v) is 5.79. The number of nitrogens with one attached hydrogen (secondary N) is 1. The first-order chi connectivity index (χ1) is 16.4. The summed E-state index contributed by atoms with van der Waals surface area (Å²) in [5.74, 6) is -1.79. The number of hydrogen-bond donors (Lipinski definition) is 1. The first kappa shape index (κ1) is 23.8. The Morgan fingerprint density at radius 3 is 2.50 bits per heavy atom. The van der Waals surface area contributed by atoms with Crippen molar-refractivity contribution in [3.8, 4) is 0 Å². The number of carbonyl (C=O) groups is 2. The minimum absolute atomic E-state index is 0.0676. The lowest BCUT2D eigenvalue weighted by Gasteiger charge is -2.08. The van der Waals surface area contributed by atoms with Gasteiger partial charge < -0.3 is 14.6 Å². The fraction of sp³-hybridized carbons (Fsp3) is 0.154. The molecule has 1 amide bonds. The van der Waals surface area contributed by atoms with Crippen LogP contribution in [-0.4, -0.2) is 23.1 Å². The number of hydrogen-bond acceptors (Lipinski definition) is 3. The van der Waals surface area contributed by atoms with Crippen LogP contribution in [0.1, 0.15) is 17.5 Å². The molecule has 0 saturated carbocycles. The quantitative estimate of drug-likeness (QED) is 0.292. The molecule has 8 heteroatoms. The van der Waals surface area contributed by atoms with Gasteiger partial charge in [0.2, 0.25) is 0 Å². The largest absolute Gasteiger partial charge is 0.456 e. The lowest BCUT2D eigenvalue weighted by atomic mass is 10.1. The summed E-state index contributed by atoms with van der Waals surface area (Å²) in [5, 5.41) is 4.37. The second kappa shape index (κ2) is 10.7. The van der Waals surface area contributed by atoms with Crippen LogP contribution < -0.4 is 5.32 Å². The molecule has 1 heterocycles. The molecule has 34 heavy (non-hydrogen) atoms. The van der Waals surface area contributed by atoms with Crippen molar-refractivity contribution in [1.82, 2.24) is 4.57 Å². The number of amides is 1. The number of ether oxygens (including phenoxy) is 1. The summed E-state index contributed by atoms with van der Waals surface area (Å²) in [5.41, 5.74) is 3.11. The fourth-order valence-electron chi connectivity index (χ4n) is 3.67. The fourth-order valence-corrected chi connectivity index (χ4v) is 3.97. The second-order valence-electron chi connectivity index (χ2n) is 7.76. The van der Waals surface area contributed by atoms with Crippen LogP contribution in [0, 0.1) is 5.82 Å². The summed E-state index contributed by atoms with van der Waals surface area (Å²) in [6, 6.07) is 19.5. The van der Waals surface area contributed by atoms with Crippen LogP contribution in [0.15, 0.2) is 72.9 Å². The van der Waals surface area contributed by atoms with Crippen molar-refractivity contribution >= 4 is 51.7 Å². The Morgan fingerprint density at radius 1 is 0.971 bits per heavy atom. The SMILES string of the molecule is O=C(COC(=O)CCc1cn(Cc2ccc(Cl)cc2)c2ccccc12)Nc1cc(Cl)ccc1F. The molecule has 0 fully saturated rings. The maximum Gasteiger partial charge on any atom is 0.306 e. The maximum atomic E-state index is 13.7. The van der Waals surface area contributed by atoms with Gasteiger partial charge >= 0.3 is 5.97 Å². The van der Waals surface area contributed by atoms with Gasteiger partial charge in [-0.1, -0.05) is 53.5 Å². The van der Waals surface area contributed by atoms with Crippen molar-refractivity contribution in [2.24, 2.45) is 0 Å². The Morgan fingerprint density at radius 2 is 1.71 bits per heavy atom. The average molecular weight is 499 g/mol. The number of esters is 1. The molecule has 174 valence electrons. The summed E-state index contributed by atoms with van der Waals surface area (Å²) in [7, 11) is 0. The Hall–Kier alpha value is -3.35. The number of carbonyl (C=O) groups excluding carboxylic acids is 2. The Balaban J connectivity index is 1.35. The second-order valence-corrected chi connectivity index (χ2v) is 8.63. The number of aryl methyl sites for hydroxylation is 1. The number of nitrogens with zero attached hydrogens (tertiary/aromatic N) is 1. The van der Waals surface area contributed by atoms with Crippen LogP contribution in [0.4, 0.5) is 10.1 Å². The standard InChI is InChI=1S/C26H21Cl2FN2O3/c27-19-8-5-17(6-9-19)14-31-15-18(21-3-1-2-4-24(21)31)7-12-26(33)34-16-25(32)30-23-13-20(28)10-11-22(23)29/h1-6,8-11,13,15H,7,12,14,16H2,(H,30,32). The van der Waals surface area contributed by atoms with Crippen molar-refractivity contribution in [3.05, 3.63) is 99.9 Å². The number of halogens is 3. The predicted octanol–water partition coefficient (Wildman–Crippen LogP) is 6.25. The van der Waals surface area contributed by atoms with E-state index in [4.69, 9.17) is 27.9 Å². The van der Waals surface area contributed by atoms with Crippen LogP contribution in [0.5, 0.6) is 0 Å². The normalized spacial score (nSPS) is 10.9. The monoisotopic (exact) mass is 498 g/mol. The van der Waals surface area contributed by atoms with E-state index in [2.05, 4.69) is 9.88 Å². The minimum atomic E-state index is -0.644. The molecule has 0 aliphatic carbocycles.